The quantitative estimate of drug-likeness (QED) is 0.360. The zero-order chi connectivity index (χ0) is 31.2. The highest BCUT2D eigenvalue weighted by atomic mass is 19.2. The summed E-state index contributed by atoms with van der Waals surface area (Å²) < 4.78 is 69.1. The van der Waals surface area contributed by atoms with Gasteiger partial charge in [-0.1, -0.05) is 6.07 Å². The molecule has 0 spiro atoms. The van der Waals surface area contributed by atoms with Gasteiger partial charge < -0.3 is 20.1 Å². The minimum atomic E-state index is -2.38. The van der Waals surface area contributed by atoms with Crippen LogP contribution in [0.15, 0.2) is 41.3 Å². The summed E-state index contributed by atoms with van der Waals surface area (Å²) in [6, 6.07) is 6.37. The molecule has 43 heavy (non-hydrogen) atoms. The van der Waals surface area contributed by atoms with Crippen LogP contribution in [0.1, 0.15) is 34.8 Å². The molecule has 9 nitrogen and oxygen atoms in total. The molecule has 2 N–H and O–H groups in total. The second-order valence-electron chi connectivity index (χ2n) is 12.1. The molecule has 4 aliphatic rings. The first-order valence-corrected chi connectivity index (χ1v) is 14.7. The number of benzene rings is 2. The summed E-state index contributed by atoms with van der Waals surface area (Å²) in [6.07, 6.45) is 3.26. The van der Waals surface area contributed by atoms with Gasteiger partial charge in [-0.25, -0.2) is 13.2 Å². The van der Waals surface area contributed by atoms with Crippen LogP contribution in [-0.2, 0) is 0 Å². The van der Waals surface area contributed by atoms with Gasteiger partial charge in [-0.15, -0.1) is 0 Å². The maximum Gasteiger partial charge on any atom is 0.319 e. The number of phenolic OH excluding ortho intramolecular Hbond substituents is 1. The molecular weight excluding hydrogens is 561 g/mol. The van der Waals surface area contributed by atoms with Crippen molar-refractivity contribution in [1.29, 1.82) is 0 Å². The fraction of sp³-hybridized carbons (Fsp3) is 0.452. The first-order valence-electron chi connectivity index (χ1n) is 15.7. The van der Waals surface area contributed by atoms with E-state index in [0.717, 1.165) is 23.5 Å². The smallest absolute Gasteiger partial charge is 0.319 e. The molecule has 0 aliphatic carbocycles. The molecule has 4 aliphatic heterocycles. The van der Waals surface area contributed by atoms with Gasteiger partial charge in [-0.3, -0.25) is 14.3 Å². The van der Waals surface area contributed by atoms with Gasteiger partial charge in [-0.05, 0) is 55.8 Å². The van der Waals surface area contributed by atoms with E-state index in [4.69, 9.17) is 7.48 Å². The second-order valence-corrected chi connectivity index (χ2v) is 12.1. The number of anilines is 1. The lowest BCUT2D eigenvalue weighted by Gasteiger charge is -2.34. The van der Waals surface area contributed by atoms with Crippen LogP contribution < -0.4 is 20.5 Å². The van der Waals surface area contributed by atoms with Gasteiger partial charge in [-0.2, -0.15) is 9.97 Å². The SMILES string of the molecule is [2H]C([2H])(Oc1nc(N2C[C@H]3CC[C@@H](C2)N3)c2ccn(-c3cc(O)cc4ccc(F)c(F)c34)c(=O)c2n1)[C@@]12CCCN1C[C@H](F)C2. The van der Waals surface area contributed by atoms with Crippen LogP contribution in [0, 0.1) is 11.6 Å². The summed E-state index contributed by atoms with van der Waals surface area (Å²) in [5.41, 5.74) is -2.13. The largest absolute Gasteiger partial charge is 0.508 e. The second kappa shape index (κ2) is 9.81. The summed E-state index contributed by atoms with van der Waals surface area (Å²) in [4.78, 5) is 27.1. The Bertz CT molecular complexity index is 1920. The number of fused-ring (bicyclic) bond motifs is 5. The standard InChI is InChI=1S/C31H31F3N6O3/c32-18-12-31(7-1-8-39(31)13-18)16-43-30-36-27-22(28(37-30)38-14-19-3-4-20(15-38)35-19)6-9-40(29(27)42)24-11-21(41)10-17-2-5-23(33)26(34)25(17)24/h2,5-6,9-11,18-20,35,41H,1,3-4,7-8,12-16H2/t18-,19-,20+,31+/m1/s1/i16D2. The van der Waals surface area contributed by atoms with Crippen molar-refractivity contribution in [1.82, 2.24) is 24.8 Å². The number of hydrogen-bond acceptors (Lipinski definition) is 8. The topological polar surface area (TPSA) is 95.8 Å². The number of phenols is 1. The van der Waals surface area contributed by atoms with E-state index in [9.17, 15) is 18.7 Å². The summed E-state index contributed by atoms with van der Waals surface area (Å²) >= 11 is 0. The zero-order valence-corrected chi connectivity index (χ0v) is 23.2. The number of pyridine rings is 1. The molecule has 2 aromatic carbocycles. The molecule has 4 saturated heterocycles. The Morgan fingerprint density at radius 1 is 1.14 bits per heavy atom. The van der Waals surface area contributed by atoms with Crippen molar-refractivity contribution in [2.45, 2.75) is 55.9 Å². The van der Waals surface area contributed by atoms with Crippen molar-refractivity contribution in [2.75, 3.05) is 37.6 Å². The fourth-order valence-corrected chi connectivity index (χ4v) is 7.48. The van der Waals surface area contributed by atoms with Crippen molar-refractivity contribution in [3.63, 3.8) is 0 Å². The van der Waals surface area contributed by atoms with E-state index in [1.807, 2.05) is 4.90 Å². The highest BCUT2D eigenvalue weighted by Crippen LogP contribution is 2.40. The average Bonchev–Trinajstić information content (AvgIpc) is 3.66. The number of ether oxygens (including phenoxy) is 1. The van der Waals surface area contributed by atoms with E-state index in [2.05, 4.69) is 15.3 Å². The van der Waals surface area contributed by atoms with Gasteiger partial charge in [0, 0.05) is 55.8 Å². The molecular formula is C31H31F3N6O3. The number of hydrogen-bond donors (Lipinski definition) is 2. The van der Waals surface area contributed by atoms with Crippen LogP contribution in [-0.4, -0.2) is 81.1 Å². The predicted octanol–water partition coefficient (Wildman–Crippen LogP) is 3.81. The molecule has 0 amide bonds. The lowest BCUT2D eigenvalue weighted by Crippen LogP contribution is -2.51. The Kier molecular flexibility index (Phi) is 5.60. The monoisotopic (exact) mass is 594 g/mol. The first-order chi connectivity index (χ1) is 21.5. The number of nitrogens with zero attached hydrogens (tertiary/aromatic N) is 5. The molecule has 0 radical (unpaired) electrons. The lowest BCUT2D eigenvalue weighted by atomic mass is 9.95. The van der Waals surface area contributed by atoms with E-state index in [-0.39, 0.29) is 58.8 Å². The number of aromatic nitrogens is 3. The molecule has 12 heteroatoms. The third kappa shape index (κ3) is 4.33. The lowest BCUT2D eigenvalue weighted by molar-refractivity contribution is 0.107. The molecule has 4 atom stereocenters. The van der Waals surface area contributed by atoms with E-state index in [1.165, 1.54) is 24.4 Å². The van der Waals surface area contributed by atoms with Gasteiger partial charge in [0.25, 0.3) is 5.56 Å². The third-order valence-electron chi connectivity index (χ3n) is 9.40. The van der Waals surface area contributed by atoms with Crippen LogP contribution in [0.4, 0.5) is 19.0 Å². The van der Waals surface area contributed by atoms with Crippen molar-refractivity contribution >= 4 is 27.5 Å². The Morgan fingerprint density at radius 3 is 2.77 bits per heavy atom. The zero-order valence-electron chi connectivity index (χ0n) is 25.2. The third-order valence-corrected chi connectivity index (χ3v) is 9.40. The predicted molar refractivity (Wildman–Crippen MR) is 155 cm³/mol. The average molecular weight is 595 g/mol. The van der Waals surface area contributed by atoms with Crippen LogP contribution in [0.5, 0.6) is 11.8 Å². The van der Waals surface area contributed by atoms with E-state index in [0.29, 0.717) is 43.7 Å². The molecule has 6 heterocycles. The summed E-state index contributed by atoms with van der Waals surface area (Å²) in [5.74, 6) is -2.14. The van der Waals surface area contributed by atoms with E-state index in [1.54, 1.807) is 11.0 Å². The highest BCUT2D eigenvalue weighted by Gasteiger charge is 2.49. The fourth-order valence-electron chi connectivity index (χ4n) is 7.48. The van der Waals surface area contributed by atoms with Gasteiger partial charge in [0.1, 0.15) is 29.8 Å². The van der Waals surface area contributed by atoms with Crippen LogP contribution >= 0.6 is 0 Å². The molecule has 2 aromatic heterocycles. The molecule has 8 rings (SSSR count). The Hall–Kier alpha value is -3.90. The minimum absolute atomic E-state index is 0.0267. The normalized spacial score (nSPS) is 28.0. The summed E-state index contributed by atoms with van der Waals surface area (Å²) in [7, 11) is 0. The van der Waals surface area contributed by atoms with Crippen molar-refractivity contribution in [2.24, 2.45) is 0 Å². The molecule has 4 fully saturated rings. The number of aromatic hydroxyl groups is 1. The number of piperazine rings is 1. The van der Waals surface area contributed by atoms with Crippen LogP contribution in [0.3, 0.4) is 0 Å². The Labute approximate surface area is 247 Å². The molecule has 0 unspecified atom stereocenters. The number of rotatable bonds is 5. The number of halogens is 3. The molecule has 4 aromatic rings. The van der Waals surface area contributed by atoms with Crippen molar-refractivity contribution in [3.05, 3.63) is 58.5 Å². The molecule has 224 valence electrons. The van der Waals surface area contributed by atoms with Crippen LogP contribution in [0.25, 0.3) is 27.4 Å². The van der Waals surface area contributed by atoms with Crippen molar-refractivity contribution < 1.29 is 25.8 Å². The van der Waals surface area contributed by atoms with E-state index < -0.39 is 35.5 Å². The maximum atomic E-state index is 15.1. The summed E-state index contributed by atoms with van der Waals surface area (Å²) in [6.45, 7) is -0.512. The summed E-state index contributed by atoms with van der Waals surface area (Å²) in [5, 5.41) is 14.3. The van der Waals surface area contributed by atoms with E-state index >= 15 is 4.39 Å². The first kappa shape index (κ1) is 24.5. The Morgan fingerprint density at radius 2 is 1.95 bits per heavy atom. The Balaban J connectivity index is 1.30. The number of alkyl halides is 1. The van der Waals surface area contributed by atoms with Gasteiger partial charge in [0.2, 0.25) is 0 Å². The molecule has 0 saturated carbocycles. The van der Waals surface area contributed by atoms with Crippen molar-refractivity contribution in [3.8, 4) is 17.4 Å². The van der Waals surface area contributed by atoms with Gasteiger partial charge in [0.05, 0.1) is 19.4 Å². The minimum Gasteiger partial charge on any atom is -0.508 e. The highest BCUT2D eigenvalue weighted by molar-refractivity contribution is 5.94. The molecule has 2 bridgehead atoms. The van der Waals surface area contributed by atoms with Gasteiger partial charge >= 0.3 is 6.01 Å². The maximum absolute atomic E-state index is 15.1. The van der Waals surface area contributed by atoms with Gasteiger partial charge in [0.15, 0.2) is 11.6 Å². The number of nitrogens with one attached hydrogen (secondary N) is 1. The van der Waals surface area contributed by atoms with Crippen LogP contribution in [0.2, 0.25) is 0 Å².